The van der Waals surface area contributed by atoms with Crippen LogP contribution in [0.1, 0.15) is 37.1 Å². The molecule has 1 fully saturated rings. The minimum Gasteiger partial charge on any atom is -0.378 e. The van der Waals surface area contributed by atoms with E-state index in [0.717, 1.165) is 31.4 Å². The van der Waals surface area contributed by atoms with E-state index in [0.29, 0.717) is 16.5 Å². The molecule has 0 aliphatic heterocycles. The van der Waals surface area contributed by atoms with Crippen LogP contribution in [0.3, 0.4) is 0 Å². The van der Waals surface area contributed by atoms with Crippen LogP contribution >= 0.6 is 27.5 Å². The molecule has 0 N–H and O–H groups in total. The zero-order valence-corrected chi connectivity index (χ0v) is 12.7. The van der Waals surface area contributed by atoms with E-state index in [1.54, 1.807) is 12.1 Å². The highest BCUT2D eigenvalue weighted by atomic mass is 79.9. The van der Waals surface area contributed by atoms with Crippen molar-refractivity contribution < 1.29 is 9.13 Å². The van der Waals surface area contributed by atoms with E-state index < -0.39 is 0 Å². The fraction of sp³-hybridized carbons (Fsp3) is 0.571. The number of ether oxygens (including phenoxy) is 1. The molecule has 0 amide bonds. The second-order valence-corrected chi connectivity index (χ2v) is 6.17. The van der Waals surface area contributed by atoms with Crippen LogP contribution in [0, 0.1) is 11.7 Å². The normalized spacial score (nSPS) is 24.7. The molecule has 0 radical (unpaired) electrons. The molecule has 18 heavy (non-hydrogen) atoms. The molecule has 0 heterocycles. The van der Waals surface area contributed by atoms with E-state index in [2.05, 4.69) is 15.9 Å². The average molecular weight is 336 g/mol. The summed E-state index contributed by atoms with van der Waals surface area (Å²) in [4.78, 5) is 0. The molecule has 2 rings (SSSR count). The average Bonchev–Trinajstić information content (AvgIpc) is 2.30. The standard InChI is InChI=1S/C14H17BrClFO/c1-2-18-11-5-9(6-11)7-13(16)10-3-4-14(17)12(15)8-10/h3-4,8-9,11,13H,2,5-7H2,1H3. The summed E-state index contributed by atoms with van der Waals surface area (Å²) in [5.41, 5.74) is 0.977. The van der Waals surface area contributed by atoms with Gasteiger partial charge in [0.1, 0.15) is 5.82 Å². The van der Waals surface area contributed by atoms with Crippen LogP contribution in [0.15, 0.2) is 22.7 Å². The SMILES string of the molecule is CCOC1CC(CC(Cl)c2ccc(F)c(Br)c2)C1. The van der Waals surface area contributed by atoms with Crippen molar-refractivity contribution in [3.63, 3.8) is 0 Å². The van der Waals surface area contributed by atoms with Gasteiger partial charge in [-0.1, -0.05) is 6.07 Å². The van der Waals surface area contributed by atoms with E-state index >= 15 is 0 Å². The maximum atomic E-state index is 13.1. The Morgan fingerprint density at radius 2 is 2.22 bits per heavy atom. The summed E-state index contributed by atoms with van der Waals surface area (Å²) in [6.07, 6.45) is 3.55. The fourth-order valence-corrected chi connectivity index (χ4v) is 3.16. The van der Waals surface area contributed by atoms with E-state index in [1.807, 2.05) is 6.92 Å². The number of rotatable bonds is 5. The molecule has 0 aromatic heterocycles. The molecular weight excluding hydrogens is 319 g/mol. The molecule has 0 bridgehead atoms. The summed E-state index contributed by atoms with van der Waals surface area (Å²) in [5, 5.41) is -0.0468. The lowest BCUT2D eigenvalue weighted by atomic mass is 9.78. The molecule has 1 aromatic rings. The lowest BCUT2D eigenvalue weighted by molar-refractivity contribution is -0.0267. The largest absolute Gasteiger partial charge is 0.378 e. The third kappa shape index (κ3) is 3.46. The lowest BCUT2D eigenvalue weighted by Crippen LogP contribution is -2.31. The maximum absolute atomic E-state index is 13.1. The first-order valence-corrected chi connectivity index (χ1v) is 7.53. The first-order valence-electron chi connectivity index (χ1n) is 6.30. The van der Waals surface area contributed by atoms with Gasteiger partial charge in [-0.3, -0.25) is 0 Å². The summed E-state index contributed by atoms with van der Waals surface area (Å²) in [6.45, 7) is 2.81. The highest BCUT2D eigenvalue weighted by Gasteiger charge is 2.31. The third-order valence-electron chi connectivity index (χ3n) is 3.44. The number of benzene rings is 1. The topological polar surface area (TPSA) is 9.23 Å². The first-order chi connectivity index (χ1) is 8.60. The molecule has 0 spiro atoms. The van der Waals surface area contributed by atoms with Gasteiger partial charge in [-0.2, -0.15) is 0 Å². The van der Waals surface area contributed by atoms with Crippen LogP contribution in [0.25, 0.3) is 0 Å². The van der Waals surface area contributed by atoms with Gasteiger partial charge < -0.3 is 4.74 Å². The minimum absolute atomic E-state index is 0.0468. The predicted molar refractivity (Wildman–Crippen MR) is 75.4 cm³/mol. The molecule has 0 saturated heterocycles. The van der Waals surface area contributed by atoms with E-state index in [-0.39, 0.29) is 11.2 Å². The Morgan fingerprint density at radius 3 is 2.83 bits per heavy atom. The number of hydrogen-bond donors (Lipinski definition) is 0. The van der Waals surface area contributed by atoms with Crippen molar-refractivity contribution in [1.82, 2.24) is 0 Å². The highest BCUT2D eigenvalue weighted by Crippen LogP contribution is 2.39. The van der Waals surface area contributed by atoms with Gasteiger partial charge in [-0.25, -0.2) is 4.39 Å². The third-order valence-corrected chi connectivity index (χ3v) is 4.48. The Balaban J connectivity index is 1.85. The number of hydrogen-bond acceptors (Lipinski definition) is 1. The Bertz CT molecular complexity index is 407. The van der Waals surface area contributed by atoms with Crippen LogP contribution < -0.4 is 0 Å². The Kier molecular flexibility index (Phi) is 5.05. The van der Waals surface area contributed by atoms with Crippen molar-refractivity contribution in [1.29, 1.82) is 0 Å². The minimum atomic E-state index is -0.248. The summed E-state index contributed by atoms with van der Waals surface area (Å²) in [6, 6.07) is 4.99. The number of halogens is 3. The van der Waals surface area contributed by atoms with Gasteiger partial charge in [-0.15, -0.1) is 11.6 Å². The smallest absolute Gasteiger partial charge is 0.137 e. The zero-order valence-electron chi connectivity index (χ0n) is 10.3. The van der Waals surface area contributed by atoms with Crippen molar-refractivity contribution in [2.45, 2.75) is 37.7 Å². The molecule has 1 nitrogen and oxygen atoms in total. The van der Waals surface area contributed by atoms with Gasteiger partial charge in [0, 0.05) is 6.61 Å². The Labute approximate surface area is 121 Å². The van der Waals surface area contributed by atoms with Crippen LogP contribution in [0.2, 0.25) is 0 Å². The number of alkyl halides is 1. The van der Waals surface area contributed by atoms with Crippen molar-refractivity contribution in [2.24, 2.45) is 5.92 Å². The molecule has 1 aliphatic rings. The molecule has 4 heteroatoms. The summed E-state index contributed by atoms with van der Waals surface area (Å²) < 4.78 is 19.1. The molecule has 1 aliphatic carbocycles. The van der Waals surface area contributed by atoms with Crippen LogP contribution in [-0.2, 0) is 4.74 Å². The van der Waals surface area contributed by atoms with Gasteiger partial charge in [0.15, 0.2) is 0 Å². The highest BCUT2D eigenvalue weighted by molar-refractivity contribution is 9.10. The summed E-state index contributed by atoms with van der Waals surface area (Å²) >= 11 is 9.57. The van der Waals surface area contributed by atoms with Crippen molar-refractivity contribution in [3.8, 4) is 0 Å². The van der Waals surface area contributed by atoms with Crippen molar-refractivity contribution >= 4 is 27.5 Å². The Morgan fingerprint density at radius 1 is 1.50 bits per heavy atom. The molecular formula is C14H17BrClFO. The summed E-state index contributed by atoms with van der Waals surface area (Å²) in [7, 11) is 0. The zero-order chi connectivity index (χ0) is 13.1. The van der Waals surface area contributed by atoms with Gasteiger partial charge in [-0.05, 0) is 65.7 Å². The lowest BCUT2D eigenvalue weighted by Gasteiger charge is -2.36. The van der Waals surface area contributed by atoms with Crippen LogP contribution in [0.4, 0.5) is 4.39 Å². The quantitative estimate of drug-likeness (QED) is 0.682. The van der Waals surface area contributed by atoms with Crippen molar-refractivity contribution in [2.75, 3.05) is 6.61 Å². The fourth-order valence-electron chi connectivity index (χ4n) is 2.37. The van der Waals surface area contributed by atoms with E-state index in [1.165, 1.54) is 6.07 Å². The van der Waals surface area contributed by atoms with Gasteiger partial charge in [0.05, 0.1) is 16.0 Å². The van der Waals surface area contributed by atoms with Gasteiger partial charge in [0.2, 0.25) is 0 Å². The second-order valence-electron chi connectivity index (χ2n) is 4.79. The first kappa shape index (κ1) is 14.3. The second kappa shape index (κ2) is 6.36. The van der Waals surface area contributed by atoms with Gasteiger partial charge >= 0.3 is 0 Å². The van der Waals surface area contributed by atoms with Crippen molar-refractivity contribution in [3.05, 3.63) is 34.1 Å². The van der Waals surface area contributed by atoms with Crippen LogP contribution in [-0.4, -0.2) is 12.7 Å². The summed E-state index contributed by atoms with van der Waals surface area (Å²) in [5.74, 6) is 0.385. The maximum Gasteiger partial charge on any atom is 0.137 e. The van der Waals surface area contributed by atoms with Crippen LogP contribution in [0.5, 0.6) is 0 Å². The molecule has 1 saturated carbocycles. The predicted octanol–water partition coefficient (Wildman–Crippen LogP) is 5.07. The van der Waals surface area contributed by atoms with E-state index in [4.69, 9.17) is 16.3 Å². The van der Waals surface area contributed by atoms with E-state index in [9.17, 15) is 4.39 Å². The Hall–Kier alpha value is -0.120. The molecule has 1 aromatic carbocycles. The van der Waals surface area contributed by atoms with Gasteiger partial charge in [0.25, 0.3) is 0 Å². The molecule has 1 unspecified atom stereocenters. The molecule has 100 valence electrons. The molecule has 1 atom stereocenters. The monoisotopic (exact) mass is 334 g/mol.